The van der Waals surface area contributed by atoms with Gasteiger partial charge in [-0.25, -0.2) is 4.98 Å². The minimum atomic E-state index is -4.31. The Kier molecular flexibility index (Phi) is 3.44. The molecule has 0 saturated heterocycles. The summed E-state index contributed by atoms with van der Waals surface area (Å²) >= 11 is 0. The third kappa shape index (κ3) is 3.76. The smallest absolute Gasteiger partial charge is 0.392 e. The monoisotopic (exact) mass is 275 g/mol. The van der Waals surface area contributed by atoms with Gasteiger partial charge in [-0.2, -0.15) is 37.9 Å². The van der Waals surface area contributed by atoms with E-state index in [1.807, 2.05) is 0 Å². The average Bonchev–Trinajstić information content (AvgIpc) is 2.79. The molecule has 11 heteroatoms. The second-order valence-electron chi connectivity index (χ2n) is 3.33. The Balaban J connectivity index is 2.09. The minimum Gasteiger partial charge on any atom is -0.463 e. The van der Waals surface area contributed by atoms with E-state index in [1.54, 1.807) is 0 Å². The number of nitrogens with zero attached hydrogens (tertiary/aromatic N) is 6. The number of hydrogen-bond acceptors (Lipinski definition) is 7. The molecule has 0 amide bonds. The summed E-state index contributed by atoms with van der Waals surface area (Å²) in [6.45, 7) is -0.607. The van der Waals surface area contributed by atoms with E-state index in [2.05, 4.69) is 25.0 Å². The predicted molar refractivity (Wildman–Crippen MR) is 55.3 cm³/mol. The van der Waals surface area contributed by atoms with E-state index >= 15 is 0 Å². The van der Waals surface area contributed by atoms with Crippen LogP contribution in [0.15, 0.2) is 12.7 Å². The first-order valence-electron chi connectivity index (χ1n) is 5.00. The molecule has 2 rings (SSSR count). The summed E-state index contributed by atoms with van der Waals surface area (Å²) in [5, 5.41) is 3.75. The first-order chi connectivity index (χ1) is 8.94. The van der Waals surface area contributed by atoms with E-state index in [9.17, 15) is 13.2 Å². The normalized spacial score (nSPS) is 11.5. The fourth-order valence-electron chi connectivity index (χ4n) is 1.10. The minimum absolute atomic E-state index is 0.00649. The van der Waals surface area contributed by atoms with Crippen LogP contribution in [0.3, 0.4) is 0 Å². The zero-order chi connectivity index (χ0) is 13.9. The van der Waals surface area contributed by atoms with E-state index < -0.39 is 19.2 Å². The van der Waals surface area contributed by atoms with Gasteiger partial charge in [0, 0.05) is 0 Å². The third-order valence-corrected chi connectivity index (χ3v) is 1.86. The molecule has 0 aliphatic rings. The van der Waals surface area contributed by atoms with Gasteiger partial charge in [0.1, 0.15) is 19.3 Å². The number of rotatable bonds is 4. The zero-order valence-electron chi connectivity index (χ0n) is 9.37. The molecule has 0 fully saturated rings. The third-order valence-electron chi connectivity index (χ3n) is 1.86. The van der Waals surface area contributed by atoms with Crippen LogP contribution in [-0.4, -0.2) is 42.5 Å². The van der Waals surface area contributed by atoms with Crippen LogP contribution in [0.25, 0.3) is 5.95 Å². The maximum Gasteiger partial charge on any atom is 0.392 e. The van der Waals surface area contributed by atoms with Crippen molar-refractivity contribution < 1.29 is 17.9 Å². The Labute approximate surface area is 104 Å². The lowest BCUT2D eigenvalue weighted by Gasteiger charge is -2.08. The van der Waals surface area contributed by atoms with Crippen molar-refractivity contribution in [3.8, 4) is 12.0 Å². The van der Waals surface area contributed by atoms with Crippen molar-refractivity contribution in [2.24, 2.45) is 0 Å². The maximum atomic E-state index is 12.0. The van der Waals surface area contributed by atoms with Gasteiger partial charge in [-0.1, -0.05) is 0 Å². The van der Waals surface area contributed by atoms with Crippen LogP contribution in [-0.2, 0) is 0 Å². The molecular weight excluding hydrogens is 267 g/mol. The van der Waals surface area contributed by atoms with E-state index in [1.165, 1.54) is 17.3 Å². The number of ether oxygens (including phenoxy) is 1. The molecule has 2 N–H and O–H groups in total. The zero-order valence-corrected chi connectivity index (χ0v) is 9.37. The van der Waals surface area contributed by atoms with Crippen LogP contribution in [0.2, 0.25) is 0 Å². The Hall–Kier alpha value is -2.46. The van der Waals surface area contributed by atoms with Gasteiger partial charge in [0.2, 0.25) is 5.95 Å². The highest BCUT2D eigenvalue weighted by Gasteiger charge is 2.27. The predicted octanol–water partition coefficient (Wildman–Crippen LogP) is 0.366. The van der Waals surface area contributed by atoms with Crippen LogP contribution in [0.1, 0.15) is 6.42 Å². The molecule has 0 aliphatic carbocycles. The van der Waals surface area contributed by atoms with E-state index in [0.717, 1.165) is 0 Å². The van der Waals surface area contributed by atoms with Crippen molar-refractivity contribution >= 4 is 5.95 Å². The van der Waals surface area contributed by atoms with Gasteiger partial charge in [-0.05, 0) is 0 Å². The highest BCUT2D eigenvalue weighted by atomic mass is 19.4. The summed E-state index contributed by atoms with van der Waals surface area (Å²) in [7, 11) is 0. The van der Waals surface area contributed by atoms with Crippen LogP contribution >= 0.6 is 0 Å². The molecular formula is C8H8F3N7O. The SMILES string of the molecule is Nc1nc(OCCC(F)(F)F)nc(-n2cncn2)n1. The maximum absolute atomic E-state index is 12.0. The van der Waals surface area contributed by atoms with E-state index in [4.69, 9.17) is 10.5 Å². The van der Waals surface area contributed by atoms with Crippen molar-refractivity contribution in [2.45, 2.75) is 12.6 Å². The summed E-state index contributed by atoms with van der Waals surface area (Å²) in [5.41, 5.74) is 5.40. The number of halogens is 3. The average molecular weight is 275 g/mol. The van der Waals surface area contributed by atoms with Crippen molar-refractivity contribution in [3.63, 3.8) is 0 Å². The molecule has 8 nitrogen and oxygen atoms in total. The van der Waals surface area contributed by atoms with Crippen LogP contribution in [0.4, 0.5) is 19.1 Å². The molecule has 2 aromatic heterocycles. The number of alkyl halides is 3. The summed E-state index contributed by atoms with van der Waals surface area (Å²) < 4.78 is 41.8. The standard InChI is InChI=1S/C8H8F3N7O/c9-8(10,11)1-2-19-7-16-5(12)15-6(17-7)18-4-13-3-14-18/h3-4H,1-2H2,(H2,12,15,16,17). The summed E-state index contributed by atoms with van der Waals surface area (Å²) in [5.74, 6) is -0.186. The first-order valence-corrected chi connectivity index (χ1v) is 5.00. The molecule has 0 radical (unpaired) electrons. The molecule has 0 unspecified atom stereocenters. The van der Waals surface area contributed by atoms with Gasteiger partial charge in [-0.3, -0.25) is 0 Å². The van der Waals surface area contributed by atoms with Gasteiger partial charge in [0.25, 0.3) is 5.95 Å². The number of anilines is 1. The molecule has 2 heterocycles. The topological polar surface area (TPSA) is 105 Å². The van der Waals surface area contributed by atoms with Crippen molar-refractivity contribution in [1.82, 2.24) is 29.7 Å². The second-order valence-corrected chi connectivity index (χ2v) is 3.33. The van der Waals surface area contributed by atoms with Crippen molar-refractivity contribution in [2.75, 3.05) is 12.3 Å². The fraction of sp³-hybridized carbons (Fsp3) is 0.375. The lowest BCUT2D eigenvalue weighted by Crippen LogP contribution is -2.15. The Bertz CT molecular complexity index is 542. The van der Waals surface area contributed by atoms with Crippen LogP contribution < -0.4 is 10.5 Å². The second kappa shape index (κ2) is 5.04. The molecule has 2 aromatic rings. The Morgan fingerprint density at radius 2 is 2.05 bits per heavy atom. The molecule has 0 aromatic carbocycles. The number of aromatic nitrogens is 6. The molecule has 0 saturated carbocycles. The van der Waals surface area contributed by atoms with Crippen molar-refractivity contribution in [1.29, 1.82) is 0 Å². The Morgan fingerprint density at radius 3 is 2.68 bits per heavy atom. The first kappa shape index (κ1) is 13.0. The number of hydrogen-bond donors (Lipinski definition) is 1. The quantitative estimate of drug-likeness (QED) is 0.859. The van der Waals surface area contributed by atoms with Crippen molar-refractivity contribution in [3.05, 3.63) is 12.7 Å². The van der Waals surface area contributed by atoms with Gasteiger partial charge in [-0.15, -0.1) is 0 Å². The van der Waals surface area contributed by atoms with E-state index in [-0.39, 0.29) is 17.9 Å². The molecule has 0 bridgehead atoms. The molecule has 0 spiro atoms. The van der Waals surface area contributed by atoms with E-state index in [0.29, 0.717) is 0 Å². The van der Waals surface area contributed by atoms with Crippen LogP contribution in [0, 0.1) is 0 Å². The summed E-state index contributed by atoms with van der Waals surface area (Å²) in [6, 6.07) is -0.303. The summed E-state index contributed by atoms with van der Waals surface area (Å²) in [6.07, 6.45) is -2.89. The molecule has 19 heavy (non-hydrogen) atoms. The van der Waals surface area contributed by atoms with Gasteiger partial charge >= 0.3 is 12.2 Å². The molecule has 0 atom stereocenters. The van der Waals surface area contributed by atoms with Gasteiger partial charge in [0.05, 0.1) is 6.42 Å². The summed E-state index contributed by atoms with van der Waals surface area (Å²) in [4.78, 5) is 14.8. The fourth-order valence-corrected chi connectivity index (χ4v) is 1.10. The van der Waals surface area contributed by atoms with Crippen LogP contribution in [0.5, 0.6) is 6.01 Å². The lowest BCUT2D eigenvalue weighted by molar-refractivity contribution is -0.139. The molecule has 0 aliphatic heterocycles. The van der Waals surface area contributed by atoms with Gasteiger partial charge < -0.3 is 10.5 Å². The molecule has 102 valence electrons. The highest BCUT2D eigenvalue weighted by molar-refractivity contribution is 5.23. The largest absolute Gasteiger partial charge is 0.463 e. The van der Waals surface area contributed by atoms with Gasteiger partial charge in [0.15, 0.2) is 0 Å². The number of nitrogens with two attached hydrogens (primary N) is 1. The lowest BCUT2D eigenvalue weighted by atomic mass is 10.4. The number of nitrogen functional groups attached to an aromatic ring is 1. The highest BCUT2D eigenvalue weighted by Crippen LogP contribution is 2.19. The Morgan fingerprint density at radius 1 is 1.26 bits per heavy atom.